The average Bonchev–Trinajstić information content (AvgIpc) is 2.36. The topological polar surface area (TPSA) is 49.9 Å². The van der Waals surface area contributed by atoms with Crippen molar-refractivity contribution in [1.82, 2.24) is 15.5 Å². The highest BCUT2D eigenvalue weighted by Gasteiger charge is 2.34. The third kappa shape index (κ3) is 1.21. The van der Waals surface area contributed by atoms with Gasteiger partial charge in [0.25, 0.3) is 0 Å². The van der Waals surface area contributed by atoms with E-state index in [1.165, 1.54) is 0 Å². The zero-order valence-electron chi connectivity index (χ0n) is 6.42. The first-order valence-electron chi connectivity index (χ1n) is 3.68. The van der Waals surface area contributed by atoms with E-state index in [-0.39, 0.29) is 5.60 Å². The summed E-state index contributed by atoms with van der Waals surface area (Å²) in [6.07, 6.45) is 1.69. The first-order chi connectivity index (χ1) is 5.29. The largest absolute Gasteiger partial charge is 0.469 e. The van der Waals surface area contributed by atoms with Gasteiger partial charge >= 0.3 is 0 Å². The molecular weight excluding hydrogens is 142 g/mol. The quantitative estimate of drug-likeness (QED) is 0.636. The maximum Gasteiger partial charge on any atom is 0.209 e. The third-order valence-corrected chi connectivity index (χ3v) is 1.83. The van der Waals surface area contributed by atoms with Crippen molar-refractivity contribution in [2.24, 2.45) is 0 Å². The van der Waals surface area contributed by atoms with E-state index in [2.05, 4.69) is 22.4 Å². The van der Waals surface area contributed by atoms with Gasteiger partial charge in [0.15, 0.2) is 0 Å². The number of ether oxygens (including phenoxy) is 1. The molecule has 0 unspecified atom stereocenters. The highest BCUT2D eigenvalue weighted by molar-refractivity contribution is 5.08. The third-order valence-electron chi connectivity index (χ3n) is 1.83. The molecule has 0 radical (unpaired) electrons. The van der Waals surface area contributed by atoms with Crippen molar-refractivity contribution in [2.45, 2.75) is 12.5 Å². The van der Waals surface area contributed by atoms with Gasteiger partial charge in [0.2, 0.25) is 5.88 Å². The smallest absolute Gasteiger partial charge is 0.209 e. The van der Waals surface area contributed by atoms with Crippen LogP contribution in [0.4, 0.5) is 0 Å². The normalized spacial score (nSPS) is 20.8. The lowest BCUT2D eigenvalue weighted by atomic mass is 10.0. The minimum atomic E-state index is -0.0352. The second-order valence-corrected chi connectivity index (χ2v) is 3.08. The number of H-pyrrole nitrogens is 1. The molecule has 2 N–H and O–H groups in total. The van der Waals surface area contributed by atoms with Gasteiger partial charge in [-0.25, -0.2) is 5.10 Å². The number of hydrogen-bond donors (Lipinski definition) is 2. The predicted molar refractivity (Wildman–Crippen MR) is 40.5 cm³/mol. The van der Waals surface area contributed by atoms with Gasteiger partial charge in [-0.1, -0.05) is 0 Å². The summed E-state index contributed by atoms with van der Waals surface area (Å²) in [6.45, 7) is 3.89. The highest BCUT2D eigenvalue weighted by atomic mass is 16.5. The molecule has 0 bridgehead atoms. The van der Waals surface area contributed by atoms with Crippen LogP contribution in [0.1, 0.15) is 6.92 Å². The number of rotatable bonds is 2. The van der Waals surface area contributed by atoms with E-state index in [0.717, 1.165) is 19.0 Å². The van der Waals surface area contributed by atoms with Crippen LogP contribution in [0, 0.1) is 0 Å². The zero-order chi connectivity index (χ0) is 7.73. The van der Waals surface area contributed by atoms with Gasteiger partial charge in [0.1, 0.15) is 5.60 Å². The van der Waals surface area contributed by atoms with Gasteiger partial charge in [-0.15, -0.1) is 0 Å². The lowest BCUT2D eigenvalue weighted by Gasteiger charge is -2.38. The molecule has 1 saturated heterocycles. The van der Waals surface area contributed by atoms with E-state index in [1.807, 2.05) is 6.07 Å². The van der Waals surface area contributed by atoms with Gasteiger partial charge in [0.05, 0.1) is 6.20 Å². The molecule has 1 aromatic rings. The van der Waals surface area contributed by atoms with Crippen molar-refractivity contribution in [3.05, 3.63) is 12.3 Å². The van der Waals surface area contributed by atoms with Crippen LogP contribution in [0.2, 0.25) is 0 Å². The minimum absolute atomic E-state index is 0.0352. The molecule has 1 fully saturated rings. The minimum Gasteiger partial charge on any atom is -0.469 e. The summed E-state index contributed by atoms with van der Waals surface area (Å²) in [5.74, 6) is 0.744. The Morgan fingerprint density at radius 1 is 1.64 bits per heavy atom. The van der Waals surface area contributed by atoms with Crippen molar-refractivity contribution >= 4 is 0 Å². The second kappa shape index (κ2) is 2.23. The van der Waals surface area contributed by atoms with E-state index in [9.17, 15) is 0 Å². The van der Waals surface area contributed by atoms with Crippen molar-refractivity contribution in [3.63, 3.8) is 0 Å². The number of nitrogens with zero attached hydrogens (tertiary/aromatic N) is 1. The molecule has 4 heteroatoms. The summed E-state index contributed by atoms with van der Waals surface area (Å²) in [6, 6.07) is 1.82. The molecular formula is C7H11N3O. The fourth-order valence-corrected chi connectivity index (χ4v) is 1.11. The fourth-order valence-electron chi connectivity index (χ4n) is 1.11. The number of nitrogens with one attached hydrogen (secondary N) is 2. The molecule has 0 spiro atoms. The average molecular weight is 153 g/mol. The molecule has 0 atom stereocenters. The molecule has 1 aliphatic heterocycles. The zero-order valence-corrected chi connectivity index (χ0v) is 6.42. The van der Waals surface area contributed by atoms with E-state index in [1.54, 1.807) is 6.20 Å². The van der Waals surface area contributed by atoms with Crippen LogP contribution in [0.15, 0.2) is 12.3 Å². The molecule has 0 aliphatic carbocycles. The van der Waals surface area contributed by atoms with Crippen molar-refractivity contribution in [1.29, 1.82) is 0 Å². The van der Waals surface area contributed by atoms with Crippen LogP contribution < -0.4 is 10.1 Å². The Morgan fingerprint density at radius 2 is 2.45 bits per heavy atom. The molecule has 2 rings (SSSR count). The van der Waals surface area contributed by atoms with E-state index in [0.29, 0.717) is 0 Å². The van der Waals surface area contributed by atoms with Gasteiger partial charge in [-0.3, -0.25) is 0 Å². The monoisotopic (exact) mass is 153 g/mol. The summed E-state index contributed by atoms with van der Waals surface area (Å²) in [4.78, 5) is 0. The summed E-state index contributed by atoms with van der Waals surface area (Å²) in [7, 11) is 0. The number of aromatic amines is 1. The van der Waals surface area contributed by atoms with Crippen LogP contribution in [-0.2, 0) is 0 Å². The van der Waals surface area contributed by atoms with Crippen LogP contribution in [-0.4, -0.2) is 28.9 Å². The summed E-state index contributed by atoms with van der Waals surface area (Å²) < 4.78 is 5.60. The van der Waals surface area contributed by atoms with Gasteiger partial charge in [-0.2, -0.15) is 5.10 Å². The molecule has 1 aromatic heterocycles. The Balaban J connectivity index is 2.00. The van der Waals surface area contributed by atoms with Gasteiger partial charge in [0, 0.05) is 19.2 Å². The van der Waals surface area contributed by atoms with Crippen LogP contribution in [0.5, 0.6) is 5.88 Å². The Morgan fingerprint density at radius 3 is 2.91 bits per heavy atom. The number of aromatic nitrogens is 2. The maximum absolute atomic E-state index is 5.60. The van der Waals surface area contributed by atoms with Crippen molar-refractivity contribution < 1.29 is 4.74 Å². The van der Waals surface area contributed by atoms with E-state index >= 15 is 0 Å². The summed E-state index contributed by atoms with van der Waals surface area (Å²) >= 11 is 0. The molecule has 60 valence electrons. The Hall–Kier alpha value is -1.03. The van der Waals surface area contributed by atoms with Gasteiger partial charge in [-0.05, 0) is 6.92 Å². The van der Waals surface area contributed by atoms with Crippen molar-refractivity contribution in [2.75, 3.05) is 13.1 Å². The summed E-state index contributed by atoms with van der Waals surface area (Å²) in [5.41, 5.74) is -0.0352. The first-order valence-corrected chi connectivity index (χ1v) is 3.68. The fraction of sp³-hybridized carbons (Fsp3) is 0.571. The molecule has 1 aliphatic rings. The van der Waals surface area contributed by atoms with Crippen LogP contribution >= 0.6 is 0 Å². The first kappa shape index (κ1) is 6.67. The molecule has 0 saturated carbocycles. The lowest BCUT2D eigenvalue weighted by Crippen LogP contribution is -2.61. The van der Waals surface area contributed by atoms with E-state index < -0.39 is 0 Å². The van der Waals surface area contributed by atoms with Crippen LogP contribution in [0.3, 0.4) is 0 Å². The molecule has 4 nitrogen and oxygen atoms in total. The highest BCUT2D eigenvalue weighted by Crippen LogP contribution is 2.18. The standard InChI is InChI=1S/C7H11N3O/c1-7(4-8-5-7)11-6-2-3-9-10-6/h2-3,8H,4-5H2,1H3,(H,9,10). The molecule has 2 heterocycles. The number of hydrogen-bond acceptors (Lipinski definition) is 3. The molecule has 0 amide bonds. The predicted octanol–water partition coefficient (Wildman–Crippen LogP) is 0.150. The van der Waals surface area contributed by atoms with Crippen molar-refractivity contribution in [3.8, 4) is 5.88 Å². The van der Waals surface area contributed by atoms with E-state index in [4.69, 9.17) is 4.74 Å². The Kier molecular flexibility index (Phi) is 1.35. The summed E-state index contributed by atoms with van der Waals surface area (Å²) in [5, 5.41) is 9.71. The van der Waals surface area contributed by atoms with Crippen LogP contribution in [0.25, 0.3) is 0 Å². The molecule has 11 heavy (non-hydrogen) atoms. The van der Waals surface area contributed by atoms with Gasteiger partial charge < -0.3 is 10.1 Å². The molecule has 0 aromatic carbocycles. The Labute approximate surface area is 64.9 Å². The second-order valence-electron chi connectivity index (χ2n) is 3.08. The SMILES string of the molecule is CC1(Oc2ccn[nH]2)CNC1. The maximum atomic E-state index is 5.60. The Bertz CT molecular complexity index is 228. The lowest BCUT2D eigenvalue weighted by molar-refractivity contribution is 0.0304.